The summed E-state index contributed by atoms with van der Waals surface area (Å²) in [5, 5.41) is 1.40. The Morgan fingerprint density at radius 3 is 1.56 bits per heavy atom. The van der Waals surface area contributed by atoms with Crippen molar-refractivity contribution in [3.63, 3.8) is 0 Å². The maximum absolute atomic E-state index is 13.0. The largest absolute Gasteiger partial charge is 0.519 e. The second kappa shape index (κ2) is 12.0. The lowest BCUT2D eigenvalue weighted by molar-refractivity contribution is -0.148. The van der Waals surface area contributed by atoms with Crippen LogP contribution in [0.5, 0.6) is 0 Å². The average molecular weight is 576 g/mol. The van der Waals surface area contributed by atoms with Gasteiger partial charge in [-0.15, -0.1) is 0 Å². The number of esters is 1. The number of nitrogens with one attached hydrogen (secondary N) is 1. The van der Waals surface area contributed by atoms with Gasteiger partial charge >= 0.3 is 34.8 Å². The van der Waals surface area contributed by atoms with Gasteiger partial charge in [0.25, 0.3) is 0 Å². The fraction of sp³-hybridized carbons (Fsp3) is 0.455. The molecule has 0 radical (unpaired) electrons. The highest BCUT2D eigenvalue weighted by molar-refractivity contribution is 8.14. The molecule has 1 amide bonds. The van der Waals surface area contributed by atoms with E-state index in [0.29, 0.717) is 11.8 Å². The molecule has 0 saturated carbocycles. The summed E-state index contributed by atoms with van der Waals surface area (Å²) in [5.74, 6) is -3.85. The smallest absolute Gasteiger partial charge is 0.456 e. The van der Waals surface area contributed by atoms with Gasteiger partial charge in [-0.05, 0) is 46.4 Å². The molecule has 39 heavy (non-hydrogen) atoms. The molecule has 0 fully saturated rings. The van der Waals surface area contributed by atoms with E-state index in [1.54, 1.807) is 0 Å². The number of carbonyl (C=O) groups is 3. The van der Waals surface area contributed by atoms with Gasteiger partial charge in [-0.25, -0.2) is 28.8 Å². The third-order valence-corrected chi connectivity index (χ3v) is 6.09. The molecule has 1 atom stereocenters. The van der Waals surface area contributed by atoms with E-state index in [1.807, 2.05) is 0 Å². The molecule has 0 bridgehead atoms. The van der Waals surface area contributed by atoms with Crippen LogP contribution >= 0.6 is 11.8 Å². The Morgan fingerprint density at radius 2 is 1.15 bits per heavy atom. The van der Waals surface area contributed by atoms with Crippen molar-refractivity contribution in [1.82, 2.24) is 5.32 Å². The van der Waals surface area contributed by atoms with Crippen LogP contribution < -0.4 is 22.8 Å². The third-order valence-electron chi connectivity index (χ3n) is 5.05. The maximum Gasteiger partial charge on any atom is 0.519 e. The lowest BCUT2D eigenvalue weighted by Gasteiger charge is -2.31. The third kappa shape index (κ3) is 7.79. The topological polar surface area (TPSA) is 221 Å². The number of alkyl carbamates (subject to hydrolysis) is 1. The van der Waals surface area contributed by atoms with Gasteiger partial charge in [0.05, 0.1) is 4.75 Å². The predicted octanol–water partition coefficient (Wildman–Crippen LogP) is 2.68. The Balaban J connectivity index is 0.00000560. The van der Waals surface area contributed by atoms with Crippen LogP contribution in [0.2, 0.25) is 0 Å². The van der Waals surface area contributed by atoms with Crippen molar-refractivity contribution in [1.29, 1.82) is 0 Å². The molecule has 3 rings (SSSR count). The van der Waals surface area contributed by atoms with Crippen molar-refractivity contribution < 1.29 is 56.5 Å². The van der Waals surface area contributed by atoms with E-state index in [-0.39, 0.29) is 36.0 Å². The number of amides is 1. The van der Waals surface area contributed by atoms with Crippen molar-refractivity contribution in [2.75, 3.05) is 0 Å². The standard InChI is InChI=1S/C22H23NO15S.H2/c1-9-12(36-18(26)33-9)6-30-16(24)15(23-17(25)31-7-13-10(2)34-19(27)37-13)22(4,5)39-21(29)32-8-14-11(3)35-20(28)38-14;/h15H,6-8H2,1-5H3,(H,23,25);1H/t15-;/m0./s1. The molecule has 0 spiro atoms. The number of hydrogen-bond acceptors (Lipinski definition) is 16. The summed E-state index contributed by atoms with van der Waals surface area (Å²) in [4.78, 5) is 71.6. The molecule has 0 aromatic carbocycles. The van der Waals surface area contributed by atoms with Crippen LogP contribution in [-0.2, 0) is 38.8 Å². The summed E-state index contributed by atoms with van der Waals surface area (Å²) in [6.07, 6.45) is -1.14. The number of rotatable bonds is 10. The molecule has 214 valence electrons. The molecule has 17 heteroatoms. The van der Waals surface area contributed by atoms with Gasteiger partial charge in [-0.3, -0.25) is 0 Å². The lowest BCUT2D eigenvalue weighted by atomic mass is 10.0. The van der Waals surface area contributed by atoms with Gasteiger partial charge in [0.2, 0.25) is 0 Å². The fourth-order valence-electron chi connectivity index (χ4n) is 2.97. The zero-order valence-electron chi connectivity index (χ0n) is 21.2. The maximum atomic E-state index is 13.0. The fourth-order valence-corrected chi connectivity index (χ4v) is 3.79. The monoisotopic (exact) mass is 575 g/mol. The Hall–Kier alpha value is -4.41. The zero-order valence-corrected chi connectivity index (χ0v) is 22.0. The Kier molecular flexibility index (Phi) is 8.95. The predicted molar refractivity (Wildman–Crippen MR) is 127 cm³/mol. The molecular weight excluding hydrogens is 550 g/mol. The van der Waals surface area contributed by atoms with Crippen LogP contribution in [0.15, 0.2) is 40.9 Å². The Labute approximate surface area is 223 Å². The summed E-state index contributed by atoms with van der Waals surface area (Å²) in [6, 6.07) is -1.53. The minimum Gasteiger partial charge on any atom is -0.456 e. The van der Waals surface area contributed by atoms with Gasteiger partial charge in [-0.1, -0.05) is 0 Å². The van der Waals surface area contributed by atoms with Gasteiger partial charge in [0.15, 0.2) is 54.4 Å². The summed E-state index contributed by atoms with van der Waals surface area (Å²) >= 11 is 0.512. The normalized spacial score (nSPS) is 12.1. The summed E-state index contributed by atoms with van der Waals surface area (Å²) in [5.41, 5.74) is 0. The van der Waals surface area contributed by atoms with E-state index in [4.69, 9.17) is 36.3 Å². The first kappa shape index (κ1) is 29.2. The molecule has 1 N–H and O–H groups in total. The number of hydrogen-bond donors (Lipinski definition) is 1. The average Bonchev–Trinajstić information content (AvgIpc) is 3.46. The second-order valence-corrected chi connectivity index (χ2v) is 9.90. The van der Waals surface area contributed by atoms with E-state index in [0.717, 1.165) is 0 Å². The van der Waals surface area contributed by atoms with Crippen molar-refractivity contribution in [2.24, 2.45) is 0 Å². The van der Waals surface area contributed by atoms with Gasteiger partial charge in [-0.2, -0.15) is 0 Å². The highest BCUT2D eigenvalue weighted by Gasteiger charge is 2.41. The number of aryl methyl sites for hydroxylation is 3. The van der Waals surface area contributed by atoms with Crippen LogP contribution in [0.3, 0.4) is 0 Å². The molecule has 0 saturated heterocycles. The molecule has 16 nitrogen and oxygen atoms in total. The van der Waals surface area contributed by atoms with Crippen LogP contribution in [0, 0.1) is 20.8 Å². The summed E-state index contributed by atoms with van der Waals surface area (Å²) in [7, 11) is 0. The quantitative estimate of drug-likeness (QED) is 0.271. The van der Waals surface area contributed by atoms with Gasteiger partial charge < -0.3 is 46.0 Å². The SMILES string of the molecule is Cc1oc(=O)oc1COC(=O)N[C@@H](C(=O)OCc1oc(=O)oc1C)C(C)(C)SC(=O)OCc1oc(=O)oc1C.[HH]. The van der Waals surface area contributed by atoms with E-state index < -0.39 is 65.4 Å². The van der Waals surface area contributed by atoms with Crippen molar-refractivity contribution in [2.45, 2.75) is 65.2 Å². The highest BCUT2D eigenvalue weighted by Crippen LogP contribution is 2.31. The van der Waals surface area contributed by atoms with Crippen molar-refractivity contribution >= 4 is 29.1 Å². The Bertz CT molecular complexity index is 1520. The zero-order chi connectivity index (χ0) is 28.9. The molecule has 3 aromatic rings. The van der Waals surface area contributed by atoms with Crippen molar-refractivity contribution in [3.05, 3.63) is 66.4 Å². The molecule has 0 unspecified atom stereocenters. The molecule has 3 aromatic heterocycles. The highest BCUT2D eigenvalue weighted by atomic mass is 32.2. The van der Waals surface area contributed by atoms with Crippen LogP contribution in [-0.4, -0.2) is 28.2 Å². The van der Waals surface area contributed by atoms with Crippen molar-refractivity contribution in [3.8, 4) is 0 Å². The first-order chi connectivity index (χ1) is 18.2. The summed E-state index contributed by atoms with van der Waals surface area (Å²) in [6.45, 7) is 5.66. The Morgan fingerprint density at radius 1 is 0.744 bits per heavy atom. The van der Waals surface area contributed by atoms with E-state index in [9.17, 15) is 28.8 Å². The molecule has 0 aliphatic heterocycles. The van der Waals surface area contributed by atoms with Crippen LogP contribution in [0.4, 0.5) is 9.59 Å². The number of carbonyl (C=O) groups excluding carboxylic acids is 3. The van der Waals surface area contributed by atoms with Gasteiger partial charge in [0.1, 0.15) is 6.04 Å². The van der Waals surface area contributed by atoms with E-state index in [1.165, 1.54) is 34.6 Å². The van der Waals surface area contributed by atoms with Crippen LogP contribution in [0.25, 0.3) is 0 Å². The number of thioether (sulfide) groups is 1. The van der Waals surface area contributed by atoms with Crippen LogP contribution in [0.1, 0.15) is 49.8 Å². The minimum absolute atomic E-state index is 0. The van der Waals surface area contributed by atoms with Gasteiger partial charge in [0, 0.05) is 1.43 Å². The minimum atomic E-state index is -1.53. The first-order valence-electron chi connectivity index (χ1n) is 11.0. The lowest BCUT2D eigenvalue weighted by Crippen LogP contribution is -2.53. The summed E-state index contributed by atoms with van der Waals surface area (Å²) < 4.78 is 42.2. The molecular formula is C22H25NO15S. The van der Waals surface area contributed by atoms with E-state index >= 15 is 0 Å². The second-order valence-electron chi connectivity index (χ2n) is 8.31. The number of ether oxygens (including phenoxy) is 3. The first-order valence-corrected chi connectivity index (χ1v) is 11.8. The molecule has 0 aliphatic rings. The van der Waals surface area contributed by atoms with E-state index in [2.05, 4.69) is 9.73 Å². The molecule has 0 aliphatic carbocycles. The molecule has 3 heterocycles.